The number of rotatable bonds is 5. The second kappa shape index (κ2) is 7.51. The van der Waals surface area contributed by atoms with Gasteiger partial charge in [0.1, 0.15) is 5.75 Å². The third kappa shape index (κ3) is 4.16. The molecule has 1 aliphatic heterocycles. The van der Waals surface area contributed by atoms with Crippen molar-refractivity contribution in [2.75, 3.05) is 13.2 Å². The van der Waals surface area contributed by atoms with Gasteiger partial charge in [-0.3, -0.25) is 9.48 Å². The van der Waals surface area contributed by atoms with E-state index in [9.17, 15) is 4.79 Å². The molecule has 2 aromatic rings. The minimum Gasteiger partial charge on any atom is -0.493 e. The molecular formula is C19H25N3O2. The monoisotopic (exact) mass is 327 g/mol. The third-order valence-electron chi connectivity index (χ3n) is 4.51. The highest BCUT2D eigenvalue weighted by Gasteiger charge is 2.18. The number of aryl methyl sites for hydroxylation is 3. The summed E-state index contributed by atoms with van der Waals surface area (Å²) in [6.45, 7) is 6.02. The predicted molar refractivity (Wildman–Crippen MR) is 93.1 cm³/mol. The number of para-hydroxylation sites is 1. The molecule has 5 nitrogen and oxygen atoms in total. The molecule has 1 aliphatic rings. The summed E-state index contributed by atoms with van der Waals surface area (Å²) in [5, 5.41) is 7.46. The Morgan fingerprint density at radius 2 is 2.21 bits per heavy atom. The van der Waals surface area contributed by atoms with Gasteiger partial charge in [-0.1, -0.05) is 18.2 Å². The lowest BCUT2D eigenvalue weighted by Crippen LogP contribution is -2.31. The van der Waals surface area contributed by atoms with Crippen molar-refractivity contribution in [3.63, 3.8) is 0 Å². The number of aromatic nitrogens is 2. The number of hydrogen-bond donors (Lipinski definition) is 1. The molecule has 0 saturated carbocycles. The molecule has 0 bridgehead atoms. The lowest BCUT2D eigenvalue weighted by atomic mass is 9.97. The number of nitrogens with one attached hydrogen (secondary N) is 1. The average Bonchev–Trinajstić information content (AvgIpc) is 2.77. The van der Waals surface area contributed by atoms with Crippen molar-refractivity contribution >= 4 is 5.91 Å². The van der Waals surface area contributed by atoms with Crippen LogP contribution in [-0.2, 0) is 17.8 Å². The highest BCUT2D eigenvalue weighted by atomic mass is 16.5. The topological polar surface area (TPSA) is 56.2 Å². The summed E-state index contributed by atoms with van der Waals surface area (Å²) in [7, 11) is 0. The van der Waals surface area contributed by atoms with Crippen molar-refractivity contribution in [3.05, 3.63) is 47.3 Å². The molecule has 0 fully saturated rings. The fourth-order valence-corrected chi connectivity index (χ4v) is 3.19. The lowest BCUT2D eigenvalue weighted by molar-refractivity contribution is -0.121. The Labute approximate surface area is 143 Å². The number of carbonyl (C=O) groups is 1. The molecule has 0 spiro atoms. The SMILES string of the molecule is Cc1cc(C)n(CCC(=O)NCC2CCOc3ccccc3C2)n1. The molecule has 1 N–H and O–H groups in total. The Balaban J connectivity index is 1.47. The number of nitrogens with zero attached hydrogens (tertiary/aromatic N) is 2. The number of fused-ring (bicyclic) bond motifs is 1. The van der Waals surface area contributed by atoms with Gasteiger partial charge >= 0.3 is 0 Å². The van der Waals surface area contributed by atoms with Gasteiger partial charge in [-0.25, -0.2) is 0 Å². The van der Waals surface area contributed by atoms with Crippen LogP contribution in [0.1, 0.15) is 29.8 Å². The van der Waals surface area contributed by atoms with Crippen LogP contribution >= 0.6 is 0 Å². The maximum absolute atomic E-state index is 12.1. The molecule has 1 amide bonds. The molecule has 24 heavy (non-hydrogen) atoms. The van der Waals surface area contributed by atoms with Gasteiger partial charge in [0, 0.05) is 25.2 Å². The molecule has 0 saturated heterocycles. The van der Waals surface area contributed by atoms with E-state index in [1.54, 1.807) is 0 Å². The maximum atomic E-state index is 12.1. The van der Waals surface area contributed by atoms with Gasteiger partial charge in [-0.2, -0.15) is 5.10 Å². The molecule has 1 atom stereocenters. The first-order valence-corrected chi connectivity index (χ1v) is 8.60. The number of amides is 1. The number of carbonyl (C=O) groups excluding carboxylic acids is 1. The quantitative estimate of drug-likeness (QED) is 0.918. The Hall–Kier alpha value is -2.30. The van der Waals surface area contributed by atoms with Crippen LogP contribution in [0.3, 0.4) is 0 Å². The molecule has 5 heteroatoms. The summed E-state index contributed by atoms with van der Waals surface area (Å²) in [5.41, 5.74) is 3.32. The largest absolute Gasteiger partial charge is 0.493 e. The Morgan fingerprint density at radius 1 is 1.38 bits per heavy atom. The van der Waals surface area contributed by atoms with Crippen LogP contribution in [-0.4, -0.2) is 28.8 Å². The van der Waals surface area contributed by atoms with Gasteiger partial charge < -0.3 is 10.1 Å². The van der Waals surface area contributed by atoms with Crippen molar-refractivity contribution < 1.29 is 9.53 Å². The van der Waals surface area contributed by atoms with Crippen molar-refractivity contribution in [2.45, 2.75) is 39.7 Å². The molecule has 1 aromatic heterocycles. The van der Waals surface area contributed by atoms with Gasteiger partial charge in [-0.05, 0) is 50.3 Å². The second-order valence-corrected chi connectivity index (χ2v) is 6.52. The fourth-order valence-electron chi connectivity index (χ4n) is 3.19. The minimum absolute atomic E-state index is 0.0843. The normalized spacial score (nSPS) is 16.8. The van der Waals surface area contributed by atoms with E-state index in [0.29, 0.717) is 32.0 Å². The molecule has 1 unspecified atom stereocenters. The molecule has 128 valence electrons. The van der Waals surface area contributed by atoms with Gasteiger partial charge in [0.05, 0.1) is 12.3 Å². The van der Waals surface area contributed by atoms with Crippen LogP contribution in [0.2, 0.25) is 0 Å². The van der Waals surface area contributed by atoms with E-state index in [1.807, 2.05) is 42.8 Å². The Morgan fingerprint density at radius 3 is 3.00 bits per heavy atom. The predicted octanol–water partition coefficient (Wildman–Crippen LogP) is 2.65. The first kappa shape index (κ1) is 16.6. The minimum atomic E-state index is 0.0843. The maximum Gasteiger partial charge on any atom is 0.221 e. The van der Waals surface area contributed by atoms with Crippen molar-refractivity contribution in [1.82, 2.24) is 15.1 Å². The number of benzene rings is 1. The van der Waals surface area contributed by atoms with Crippen LogP contribution in [0.4, 0.5) is 0 Å². The molecule has 2 heterocycles. The summed E-state index contributed by atoms with van der Waals surface area (Å²) in [5.74, 6) is 1.49. The highest BCUT2D eigenvalue weighted by Crippen LogP contribution is 2.26. The Bertz CT molecular complexity index is 708. The van der Waals surface area contributed by atoms with Gasteiger partial charge in [-0.15, -0.1) is 0 Å². The zero-order chi connectivity index (χ0) is 16.9. The summed E-state index contributed by atoms with van der Waals surface area (Å²) in [4.78, 5) is 12.1. The molecular weight excluding hydrogens is 302 g/mol. The van der Waals surface area contributed by atoms with Crippen molar-refractivity contribution in [1.29, 1.82) is 0 Å². The zero-order valence-corrected chi connectivity index (χ0v) is 14.4. The van der Waals surface area contributed by atoms with Crippen LogP contribution in [0.25, 0.3) is 0 Å². The fraction of sp³-hybridized carbons (Fsp3) is 0.474. The molecule has 0 radical (unpaired) electrons. The third-order valence-corrected chi connectivity index (χ3v) is 4.51. The molecule has 0 aliphatic carbocycles. The molecule has 3 rings (SSSR count). The van der Waals surface area contributed by atoms with Crippen LogP contribution in [0.15, 0.2) is 30.3 Å². The average molecular weight is 327 g/mol. The van der Waals surface area contributed by atoms with E-state index in [1.165, 1.54) is 5.56 Å². The number of ether oxygens (including phenoxy) is 1. The summed E-state index contributed by atoms with van der Waals surface area (Å²) < 4.78 is 7.68. The van der Waals surface area contributed by atoms with Gasteiger partial charge in [0.25, 0.3) is 0 Å². The lowest BCUT2D eigenvalue weighted by Gasteiger charge is -2.14. The van der Waals surface area contributed by atoms with E-state index in [0.717, 1.165) is 30.0 Å². The van der Waals surface area contributed by atoms with E-state index >= 15 is 0 Å². The summed E-state index contributed by atoms with van der Waals surface area (Å²) in [6.07, 6.45) is 2.38. The van der Waals surface area contributed by atoms with E-state index < -0.39 is 0 Å². The van der Waals surface area contributed by atoms with Crippen molar-refractivity contribution in [2.24, 2.45) is 5.92 Å². The van der Waals surface area contributed by atoms with Crippen LogP contribution in [0.5, 0.6) is 5.75 Å². The van der Waals surface area contributed by atoms with Crippen LogP contribution in [0, 0.1) is 19.8 Å². The smallest absolute Gasteiger partial charge is 0.221 e. The van der Waals surface area contributed by atoms with Gasteiger partial charge in [0.2, 0.25) is 5.91 Å². The first-order chi connectivity index (χ1) is 11.6. The van der Waals surface area contributed by atoms with E-state index in [4.69, 9.17) is 4.74 Å². The van der Waals surface area contributed by atoms with Crippen molar-refractivity contribution in [3.8, 4) is 5.75 Å². The Kier molecular flexibility index (Phi) is 5.18. The zero-order valence-electron chi connectivity index (χ0n) is 14.4. The number of hydrogen-bond acceptors (Lipinski definition) is 3. The second-order valence-electron chi connectivity index (χ2n) is 6.52. The van der Waals surface area contributed by atoms with E-state index in [2.05, 4.69) is 16.5 Å². The summed E-state index contributed by atoms with van der Waals surface area (Å²) in [6, 6.07) is 10.2. The van der Waals surface area contributed by atoms with Gasteiger partial charge in [0.15, 0.2) is 0 Å². The van der Waals surface area contributed by atoms with Crippen LogP contribution < -0.4 is 10.1 Å². The first-order valence-electron chi connectivity index (χ1n) is 8.60. The molecule has 1 aromatic carbocycles. The highest BCUT2D eigenvalue weighted by molar-refractivity contribution is 5.75. The standard InChI is InChI=1S/C19H25N3O2/c1-14-11-15(2)22(21-14)9-7-19(23)20-13-16-8-10-24-18-6-4-3-5-17(18)12-16/h3-6,11,16H,7-10,12-13H2,1-2H3,(H,20,23). The van der Waals surface area contributed by atoms with E-state index in [-0.39, 0.29) is 5.91 Å². The summed E-state index contributed by atoms with van der Waals surface area (Å²) >= 11 is 0.